The molecule has 1 unspecified atom stereocenters. The Hall–Kier alpha value is -0.660. The zero-order valence-corrected chi connectivity index (χ0v) is 13.3. The van der Waals surface area contributed by atoms with Gasteiger partial charge >= 0.3 is 5.97 Å². The number of carboxylic acid groups (broad SMARTS) is 1. The molecule has 0 aromatic rings. The summed E-state index contributed by atoms with van der Waals surface area (Å²) >= 11 is 0. The summed E-state index contributed by atoms with van der Waals surface area (Å²) < 4.78 is 28.2. The van der Waals surface area contributed by atoms with Crippen molar-refractivity contribution in [2.45, 2.75) is 32.7 Å². The molecule has 1 heterocycles. The van der Waals surface area contributed by atoms with E-state index in [4.69, 9.17) is 4.74 Å². The van der Waals surface area contributed by atoms with Crippen LogP contribution in [-0.2, 0) is 19.4 Å². The molecule has 0 aromatic carbocycles. The predicted molar refractivity (Wildman–Crippen MR) is 76.5 cm³/mol. The normalized spacial score (nSPS) is 22.3. The maximum Gasteiger partial charge on any atom is 0.310 e. The number of ether oxygens (including phenoxy) is 1. The molecule has 0 saturated carbocycles. The lowest BCUT2D eigenvalue weighted by molar-refractivity contribution is -0.148. The molecule has 1 aliphatic heterocycles. The fourth-order valence-electron chi connectivity index (χ4n) is 2.44. The monoisotopic (exact) mass is 307 g/mol. The van der Waals surface area contributed by atoms with Crippen LogP contribution < -0.4 is 0 Å². The Morgan fingerprint density at radius 3 is 2.55 bits per heavy atom. The van der Waals surface area contributed by atoms with Crippen molar-refractivity contribution in [3.63, 3.8) is 0 Å². The molecule has 0 spiro atoms. The van der Waals surface area contributed by atoms with E-state index in [2.05, 4.69) is 0 Å². The Morgan fingerprint density at radius 2 is 2.10 bits per heavy atom. The van der Waals surface area contributed by atoms with Crippen molar-refractivity contribution < 1.29 is 23.1 Å². The summed E-state index contributed by atoms with van der Waals surface area (Å²) in [5, 5.41) is 9.24. The zero-order valence-electron chi connectivity index (χ0n) is 12.5. The van der Waals surface area contributed by atoms with E-state index in [1.807, 2.05) is 4.90 Å². The molecule has 1 N–H and O–H groups in total. The van der Waals surface area contributed by atoms with Gasteiger partial charge in [0.05, 0.1) is 16.9 Å². The molecule has 1 atom stereocenters. The van der Waals surface area contributed by atoms with Crippen LogP contribution in [0.25, 0.3) is 0 Å². The zero-order chi connectivity index (χ0) is 15.4. The van der Waals surface area contributed by atoms with Crippen molar-refractivity contribution >= 4 is 15.8 Å². The quantitative estimate of drug-likeness (QED) is 0.662. The third-order valence-corrected chi connectivity index (χ3v) is 5.45. The highest BCUT2D eigenvalue weighted by Gasteiger charge is 2.37. The maximum absolute atomic E-state index is 11.6. The summed E-state index contributed by atoms with van der Waals surface area (Å²) in [7, 11) is -1.35. The van der Waals surface area contributed by atoms with E-state index in [0.29, 0.717) is 26.1 Å². The van der Waals surface area contributed by atoms with Gasteiger partial charge in [0.15, 0.2) is 9.84 Å². The number of rotatable bonds is 8. The molecule has 1 fully saturated rings. The Balaban J connectivity index is 2.73. The molecule has 0 bridgehead atoms. The lowest BCUT2D eigenvalue weighted by atomic mass is 9.92. The van der Waals surface area contributed by atoms with Crippen molar-refractivity contribution in [3.05, 3.63) is 0 Å². The Morgan fingerprint density at radius 1 is 1.45 bits per heavy atom. The van der Waals surface area contributed by atoms with E-state index in [9.17, 15) is 18.3 Å². The van der Waals surface area contributed by atoms with Crippen LogP contribution in [0.3, 0.4) is 0 Å². The average Bonchev–Trinajstić information content (AvgIpc) is 2.68. The third-order valence-electron chi connectivity index (χ3n) is 3.70. The van der Waals surface area contributed by atoms with Crippen molar-refractivity contribution in [2.75, 3.05) is 38.3 Å². The van der Waals surface area contributed by atoms with E-state index in [1.54, 1.807) is 21.0 Å². The molecule has 0 aromatic heterocycles. The first-order chi connectivity index (χ1) is 9.18. The molecule has 0 aliphatic carbocycles. The van der Waals surface area contributed by atoms with Crippen LogP contribution in [0, 0.1) is 5.41 Å². The molecular weight excluding hydrogens is 282 g/mol. The van der Waals surface area contributed by atoms with Gasteiger partial charge in [0, 0.05) is 32.8 Å². The van der Waals surface area contributed by atoms with Gasteiger partial charge in [-0.25, -0.2) is 8.42 Å². The molecule has 1 rings (SSSR count). The summed E-state index contributed by atoms with van der Waals surface area (Å²) in [5.74, 6) is -0.531. The van der Waals surface area contributed by atoms with Crippen molar-refractivity contribution in [3.8, 4) is 0 Å². The number of sulfone groups is 1. The molecule has 0 amide bonds. The number of hydrogen-bond donors (Lipinski definition) is 1. The largest absolute Gasteiger partial charge is 0.481 e. The van der Waals surface area contributed by atoms with Crippen LogP contribution in [0.2, 0.25) is 0 Å². The fourth-order valence-corrected chi connectivity index (χ4v) is 4.20. The molecule has 6 nitrogen and oxygen atoms in total. The van der Waals surface area contributed by atoms with Gasteiger partial charge in [0.25, 0.3) is 0 Å². The van der Waals surface area contributed by atoms with Crippen LogP contribution >= 0.6 is 0 Å². The first-order valence-corrected chi connectivity index (χ1v) is 8.67. The van der Waals surface area contributed by atoms with E-state index >= 15 is 0 Å². The van der Waals surface area contributed by atoms with E-state index in [0.717, 1.165) is 6.42 Å². The number of carbonyl (C=O) groups is 1. The van der Waals surface area contributed by atoms with Gasteiger partial charge in [0.2, 0.25) is 0 Å². The van der Waals surface area contributed by atoms with Crippen molar-refractivity contribution in [1.82, 2.24) is 4.90 Å². The van der Waals surface area contributed by atoms with E-state index in [1.165, 1.54) is 0 Å². The second-order valence-corrected chi connectivity index (χ2v) is 8.29. The number of methoxy groups -OCH3 is 1. The van der Waals surface area contributed by atoms with Gasteiger partial charge in [-0.2, -0.15) is 0 Å². The highest BCUT2D eigenvalue weighted by molar-refractivity contribution is 7.91. The first-order valence-electron chi connectivity index (χ1n) is 6.85. The molecule has 0 radical (unpaired) electrons. The predicted octanol–water partition coefficient (Wildman–Crippen LogP) is 0.623. The van der Waals surface area contributed by atoms with Crippen LogP contribution in [-0.4, -0.2) is 68.7 Å². The minimum absolute atomic E-state index is 0.0736. The van der Waals surface area contributed by atoms with Crippen molar-refractivity contribution in [2.24, 2.45) is 5.41 Å². The number of carboxylic acids is 1. The molecule has 1 aliphatic rings. The van der Waals surface area contributed by atoms with Gasteiger partial charge in [-0.3, -0.25) is 9.69 Å². The summed E-state index contributed by atoms with van der Waals surface area (Å²) in [5.41, 5.74) is -0.889. The molecule has 20 heavy (non-hydrogen) atoms. The molecule has 118 valence electrons. The van der Waals surface area contributed by atoms with Crippen LogP contribution in [0.4, 0.5) is 0 Å². The van der Waals surface area contributed by atoms with E-state index in [-0.39, 0.29) is 17.5 Å². The fraction of sp³-hybridized carbons (Fsp3) is 0.923. The number of aliphatic carboxylic acids is 1. The molecule has 7 heteroatoms. The maximum atomic E-state index is 11.6. The Labute approximate surface area is 121 Å². The van der Waals surface area contributed by atoms with Crippen LogP contribution in [0.1, 0.15) is 26.7 Å². The van der Waals surface area contributed by atoms with Crippen LogP contribution in [0.5, 0.6) is 0 Å². The minimum Gasteiger partial charge on any atom is -0.481 e. The smallest absolute Gasteiger partial charge is 0.310 e. The van der Waals surface area contributed by atoms with Gasteiger partial charge in [-0.05, 0) is 26.7 Å². The topological polar surface area (TPSA) is 83.9 Å². The summed E-state index contributed by atoms with van der Waals surface area (Å²) in [6.07, 6.45) is 1.35. The van der Waals surface area contributed by atoms with Gasteiger partial charge in [0.1, 0.15) is 0 Å². The summed E-state index contributed by atoms with van der Waals surface area (Å²) in [6.45, 7) is 4.94. The lowest BCUT2D eigenvalue weighted by Gasteiger charge is -2.33. The average molecular weight is 307 g/mol. The van der Waals surface area contributed by atoms with Gasteiger partial charge < -0.3 is 9.84 Å². The molecular formula is C13H25NO5S. The number of hydrogen-bond acceptors (Lipinski definition) is 5. The summed E-state index contributed by atoms with van der Waals surface area (Å²) in [4.78, 5) is 13.3. The van der Waals surface area contributed by atoms with Gasteiger partial charge in [-0.15, -0.1) is 0 Å². The minimum atomic E-state index is -2.97. The second kappa shape index (κ2) is 6.87. The Kier molecular flexibility index (Phi) is 5.97. The highest BCUT2D eigenvalue weighted by Crippen LogP contribution is 2.24. The highest BCUT2D eigenvalue weighted by atomic mass is 32.2. The lowest BCUT2D eigenvalue weighted by Crippen LogP contribution is -2.45. The number of nitrogens with zero attached hydrogens (tertiary/aromatic N) is 1. The van der Waals surface area contributed by atoms with Crippen LogP contribution in [0.15, 0.2) is 0 Å². The summed E-state index contributed by atoms with van der Waals surface area (Å²) in [6, 6.07) is -0.0736. The first kappa shape index (κ1) is 17.4. The Bertz CT molecular complexity index is 432. The van der Waals surface area contributed by atoms with Gasteiger partial charge in [-0.1, -0.05) is 0 Å². The van der Waals surface area contributed by atoms with E-state index < -0.39 is 21.2 Å². The SMILES string of the molecule is COCCCN(CC(C)(C)C(=O)O)C1CCS(=O)(=O)C1. The second-order valence-electron chi connectivity index (χ2n) is 6.06. The molecule has 1 saturated heterocycles. The van der Waals surface area contributed by atoms with Crippen molar-refractivity contribution in [1.29, 1.82) is 0 Å². The standard InChI is InChI=1S/C13H25NO5S/c1-13(2,12(15)16)10-14(6-4-7-19-3)11-5-8-20(17,18)9-11/h11H,4-10H2,1-3H3,(H,15,16). The third kappa shape index (κ3) is 5.03.